The van der Waals surface area contributed by atoms with Gasteiger partial charge in [0.15, 0.2) is 0 Å². The monoisotopic (exact) mass is 523 g/mol. The molecule has 1 aliphatic carbocycles. The molecule has 2 aromatic carbocycles. The van der Waals surface area contributed by atoms with Crippen LogP contribution in [0.25, 0.3) is 20.8 Å². The lowest BCUT2D eigenvalue weighted by atomic mass is 9.91. The molecule has 1 saturated heterocycles. The van der Waals surface area contributed by atoms with Crippen molar-refractivity contribution in [1.29, 1.82) is 0 Å². The third kappa shape index (κ3) is 6.36. The van der Waals surface area contributed by atoms with Crippen LogP contribution in [-0.2, 0) is 9.47 Å². The van der Waals surface area contributed by atoms with E-state index in [-0.39, 0.29) is 24.4 Å². The predicted molar refractivity (Wildman–Crippen MR) is 149 cm³/mol. The average molecular weight is 524 g/mol. The van der Waals surface area contributed by atoms with Crippen molar-refractivity contribution in [2.75, 3.05) is 32.1 Å². The van der Waals surface area contributed by atoms with E-state index in [9.17, 15) is 4.79 Å². The first kappa shape index (κ1) is 25.8. The maximum absolute atomic E-state index is 12.3. The van der Waals surface area contributed by atoms with E-state index in [1.165, 1.54) is 5.69 Å². The highest BCUT2D eigenvalue weighted by Gasteiger charge is 2.35. The molecule has 1 aliphatic heterocycles. The van der Waals surface area contributed by atoms with E-state index in [1.807, 2.05) is 47.0 Å². The molecule has 198 valence electrons. The van der Waals surface area contributed by atoms with Crippen LogP contribution < -0.4 is 9.64 Å². The van der Waals surface area contributed by atoms with Crippen LogP contribution >= 0.6 is 11.3 Å². The lowest BCUT2D eigenvalue weighted by molar-refractivity contribution is -0.109. The number of amides is 1. The molecule has 0 unspecified atom stereocenters. The van der Waals surface area contributed by atoms with E-state index in [1.54, 1.807) is 16.2 Å². The Balaban J connectivity index is 1.09. The van der Waals surface area contributed by atoms with Gasteiger partial charge in [0.2, 0.25) is 0 Å². The van der Waals surface area contributed by atoms with Crippen LogP contribution in [0.4, 0.5) is 10.5 Å². The summed E-state index contributed by atoms with van der Waals surface area (Å²) < 4.78 is 19.2. The number of carbonyl (C=O) groups is 1. The second kappa shape index (κ2) is 10.5. The van der Waals surface area contributed by atoms with E-state index in [4.69, 9.17) is 19.2 Å². The molecule has 1 saturated carbocycles. The number of aromatic nitrogens is 1. The number of hydrogen-bond acceptors (Lipinski definition) is 7. The van der Waals surface area contributed by atoms with Crippen molar-refractivity contribution >= 4 is 33.3 Å². The Morgan fingerprint density at radius 2 is 1.70 bits per heavy atom. The Hall–Kier alpha value is -2.84. The molecule has 3 aromatic rings. The van der Waals surface area contributed by atoms with Crippen molar-refractivity contribution in [1.82, 2.24) is 9.88 Å². The number of benzene rings is 2. The molecule has 1 amide bonds. The number of carbonyl (C=O) groups excluding carboxylic acids is 1. The maximum Gasteiger partial charge on any atom is 0.410 e. The molecule has 1 aromatic heterocycles. The molecular weight excluding hydrogens is 486 g/mol. The summed E-state index contributed by atoms with van der Waals surface area (Å²) in [5.74, 6) is 0.889. The average Bonchev–Trinajstić information content (AvgIpc) is 3.25. The van der Waals surface area contributed by atoms with Gasteiger partial charge in [0.1, 0.15) is 22.5 Å². The zero-order valence-electron chi connectivity index (χ0n) is 22.4. The van der Waals surface area contributed by atoms with E-state index in [0.29, 0.717) is 13.1 Å². The molecule has 2 aliphatic rings. The van der Waals surface area contributed by atoms with E-state index in [0.717, 1.165) is 52.2 Å². The molecular formula is C29H37N3O4S. The molecule has 2 fully saturated rings. The maximum atomic E-state index is 12.3. The molecule has 0 spiro atoms. The van der Waals surface area contributed by atoms with Gasteiger partial charge in [-0.2, -0.15) is 0 Å². The number of anilines is 1. The van der Waals surface area contributed by atoms with E-state index >= 15 is 0 Å². The molecule has 2 heterocycles. The van der Waals surface area contributed by atoms with Gasteiger partial charge in [-0.05, 0) is 76.1 Å². The number of hydrogen-bond donors (Lipinski definition) is 0. The van der Waals surface area contributed by atoms with Crippen LogP contribution in [0.5, 0.6) is 5.75 Å². The summed E-state index contributed by atoms with van der Waals surface area (Å²) in [6.45, 7) is 7.06. The van der Waals surface area contributed by atoms with E-state index in [2.05, 4.69) is 35.2 Å². The Labute approximate surface area is 223 Å². The number of rotatable bonds is 6. The van der Waals surface area contributed by atoms with Crippen LogP contribution in [-0.4, -0.2) is 67.1 Å². The fourth-order valence-corrected chi connectivity index (χ4v) is 5.69. The van der Waals surface area contributed by atoms with Gasteiger partial charge in [-0.25, -0.2) is 9.78 Å². The number of likely N-dealkylation sites (tertiary alicyclic amines) is 1. The highest BCUT2D eigenvalue weighted by atomic mass is 32.1. The first-order chi connectivity index (χ1) is 17.6. The Morgan fingerprint density at radius 1 is 1.00 bits per heavy atom. The SMILES string of the molecule is CN(C)c1ccc(-c2nc3ccc(OC4CC(OC5CCN(C(=O)OC(C)(C)C)CC5)C4)cc3s2)cc1. The molecule has 0 bridgehead atoms. The van der Waals surface area contributed by atoms with Crippen molar-refractivity contribution in [2.45, 2.75) is 70.4 Å². The Bertz CT molecular complexity index is 1220. The number of ether oxygens (including phenoxy) is 3. The van der Waals surface area contributed by atoms with Crippen LogP contribution in [0.1, 0.15) is 46.5 Å². The minimum absolute atomic E-state index is 0.176. The van der Waals surface area contributed by atoms with E-state index < -0.39 is 5.60 Å². The second-order valence-corrected chi connectivity index (χ2v) is 12.3. The molecule has 37 heavy (non-hydrogen) atoms. The van der Waals surface area contributed by atoms with Crippen LogP contribution in [0.15, 0.2) is 42.5 Å². The van der Waals surface area contributed by atoms with Gasteiger partial charge in [0.25, 0.3) is 0 Å². The van der Waals surface area contributed by atoms with Crippen molar-refractivity contribution in [3.63, 3.8) is 0 Å². The van der Waals surface area contributed by atoms with Crippen molar-refractivity contribution in [3.8, 4) is 16.3 Å². The van der Waals surface area contributed by atoms with Crippen LogP contribution in [0.2, 0.25) is 0 Å². The predicted octanol–water partition coefficient (Wildman–Crippen LogP) is 6.36. The smallest absolute Gasteiger partial charge is 0.410 e. The van der Waals surface area contributed by atoms with Crippen LogP contribution in [0, 0.1) is 0 Å². The molecule has 0 radical (unpaired) electrons. The standard InChI is InChI=1S/C29H37N3O4S/c1-29(2,3)36-28(33)32-14-12-21(13-15-32)34-23-16-24(17-23)35-22-10-11-25-26(18-22)37-27(30-25)19-6-8-20(9-7-19)31(4)5/h6-11,18,21,23-24H,12-17H2,1-5H3. The largest absolute Gasteiger partial charge is 0.490 e. The lowest BCUT2D eigenvalue weighted by Gasteiger charge is -2.40. The van der Waals surface area contributed by atoms with Gasteiger partial charge in [0, 0.05) is 51.3 Å². The normalized spacial score (nSPS) is 20.5. The molecule has 0 atom stereocenters. The quantitative estimate of drug-likeness (QED) is 0.375. The number of fused-ring (bicyclic) bond motifs is 1. The molecule has 5 rings (SSSR count). The summed E-state index contributed by atoms with van der Waals surface area (Å²) in [5.41, 5.74) is 2.84. The van der Waals surface area contributed by atoms with Gasteiger partial charge in [0.05, 0.1) is 22.4 Å². The van der Waals surface area contributed by atoms with Crippen molar-refractivity contribution < 1.29 is 19.0 Å². The van der Waals surface area contributed by atoms with Crippen molar-refractivity contribution in [2.24, 2.45) is 0 Å². The first-order valence-electron chi connectivity index (χ1n) is 13.1. The topological polar surface area (TPSA) is 64.1 Å². The number of thiazole rings is 1. The second-order valence-electron chi connectivity index (χ2n) is 11.2. The lowest BCUT2D eigenvalue weighted by Crippen LogP contribution is -2.46. The fourth-order valence-electron chi connectivity index (χ4n) is 4.69. The highest BCUT2D eigenvalue weighted by molar-refractivity contribution is 7.21. The molecule has 8 heteroatoms. The van der Waals surface area contributed by atoms with Gasteiger partial charge in [-0.15, -0.1) is 11.3 Å². The number of piperidine rings is 1. The first-order valence-corrected chi connectivity index (χ1v) is 13.9. The Morgan fingerprint density at radius 3 is 2.35 bits per heavy atom. The highest BCUT2D eigenvalue weighted by Crippen LogP contribution is 2.35. The number of nitrogens with zero attached hydrogens (tertiary/aromatic N) is 3. The summed E-state index contributed by atoms with van der Waals surface area (Å²) in [6.07, 6.45) is 3.88. The fraction of sp³-hybridized carbons (Fsp3) is 0.517. The summed E-state index contributed by atoms with van der Waals surface area (Å²) in [5, 5.41) is 1.02. The summed E-state index contributed by atoms with van der Waals surface area (Å²) >= 11 is 1.69. The third-order valence-corrected chi connectivity index (χ3v) is 7.89. The van der Waals surface area contributed by atoms with Crippen LogP contribution in [0.3, 0.4) is 0 Å². The minimum Gasteiger partial charge on any atom is -0.490 e. The molecule has 0 N–H and O–H groups in total. The van der Waals surface area contributed by atoms with Crippen molar-refractivity contribution in [3.05, 3.63) is 42.5 Å². The summed E-state index contributed by atoms with van der Waals surface area (Å²) in [6, 6.07) is 14.7. The summed E-state index contributed by atoms with van der Waals surface area (Å²) in [4.78, 5) is 21.0. The van der Waals surface area contributed by atoms with Gasteiger partial charge >= 0.3 is 6.09 Å². The zero-order valence-corrected chi connectivity index (χ0v) is 23.2. The van der Waals surface area contributed by atoms with Gasteiger partial charge < -0.3 is 24.0 Å². The molecule has 7 nitrogen and oxygen atoms in total. The summed E-state index contributed by atoms with van der Waals surface area (Å²) in [7, 11) is 4.09. The van der Waals surface area contributed by atoms with Gasteiger partial charge in [-0.1, -0.05) is 0 Å². The Kier molecular flexibility index (Phi) is 7.32. The van der Waals surface area contributed by atoms with Gasteiger partial charge in [-0.3, -0.25) is 0 Å². The minimum atomic E-state index is -0.462. The third-order valence-electron chi connectivity index (χ3n) is 6.82. The zero-order chi connectivity index (χ0) is 26.2.